The summed E-state index contributed by atoms with van der Waals surface area (Å²) in [5, 5.41) is 2.91. The molecule has 2 aromatic rings. The summed E-state index contributed by atoms with van der Waals surface area (Å²) in [6, 6.07) is 12.6. The minimum atomic E-state index is -3.53. The van der Waals surface area contributed by atoms with Crippen LogP contribution in [-0.2, 0) is 26.2 Å². The zero-order valence-electron chi connectivity index (χ0n) is 21.9. The minimum absolute atomic E-state index is 0.125. The Balaban J connectivity index is 2.16. The Morgan fingerprint density at radius 1 is 1.03 bits per heavy atom. The molecule has 0 aromatic heterocycles. The van der Waals surface area contributed by atoms with Crippen LogP contribution in [0, 0.1) is 13.8 Å². The van der Waals surface area contributed by atoms with Crippen LogP contribution in [0.5, 0.6) is 0 Å². The second kappa shape index (κ2) is 13.8. The highest BCUT2D eigenvalue weighted by molar-refractivity contribution is 9.10. The summed E-state index contributed by atoms with van der Waals surface area (Å²) in [7, 11) is -3.53. The molecular weight excluding hydrogens is 542 g/mol. The monoisotopic (exact) mass is 579 g/mol. The Bertz CT molecular complexity index is 1120. The third-order valence-electron chi connectivity index (χ3n) is 5.91. The zero-order chi connectivity index (χ0) is 26.9. The van der Waals surface area contributed by atoms with Crippen LogP contribution >= 0.6 is 15.9 Å². The van der Waals surface area contributed by atoms with Crippen LogP contribution in [0.15, 0.2) is 46.9 Å². The largest absolute Gasteiger partial charge is 0.354 e. The molecule has 0 spiro atoms. The van der Waals surface area contributed by atoms with Crippen LogP contribution in [0.1, 0.15) is 56.2 Å². The van der Waals surface area contributed by atoms with Gasteiger partial charge in [-0.05, 0) is 74.6 Å². The number of nitrogens with one attached hydrogen (secondary N) is 1. The molecule has 0 aliphatic rings. The van der Waals surface area contributed by atoms with Gasteiger partial charge >= 0.3 is 0 Å². The van der Waals surface area contributed by atoms with E-state index in [4.69, 9.17) is 0 Å². The number of anilines is 1. The lowest BCUT2D eigenvalue weighted by Gasteiger charge is -2.29. The number of halogens is 1. The minimum Gasteiger partial charge on any atom is -0.354 e. The summed E-state index contributed by atoms with van der Waals surface area (Å²) in [5.41, 5.74) is 3.45. The van der Waals surface area contributed by atoms with Gasteiger partial charge in [-0.1, -0.05) is 47.5 Å². The lowest BCUT2D eigenvalue weighted by Crippen LogP contribution is -2.48. The van der Waals surface area contributed by atoms with E-state index in [0.717, 1.165) is 34.0 Å². The fourth-order valence-corrected chi connectivity index (χ4v) is 5.22. The third kappa shape index (κ3) is 9.24. The van der Waals surface area contributed by atoms with Gasteiger partial charge in [-0.25, -0.2) is 8.42 Å². The number of rotatable bonds is 13. The SMILES string of the molecule is CCCCNC(=O)C(C)N(Cc1ccc(Br)cc1)C(=O)CCCN(c1cc(C)cc(C)c1)S(C)(=O)=O. The van der Waals surface area contributed by atoms with Crippen molar-refractivity contribution in [3.63, 3.8) is 0 Å². The van der Waals surface area contributed by atoms with Crippen LogP contribution in [0.4, 0.5) is 5.69 Å². The first-order valence-corrected chi connectivity index (χ1v) is 14.9. The number of unbranched alkanes of at least 4 members (excludes halogenated alkanes) is 1. The van der Waals surface area contributed by atoms with Crippen molar-refractivity contribution in [1.29, 1.82) is 0 Å². The van der Waals surface area contributed by atoms with Gasteiger partial charge in [0.1, 0.15) is 6.04 Å². The molecule has 0 aliphatic heterocycles. The maximum Gasteiger partial charge on any atom is 0.242 e. The van der Waals surface area contributed by atoms with Gasteiger partial charge in [0.15, 0.2) is 0 Å². The van der Waals surface area contributed by atoms with Crippen molar-refractivity contribution in [3.05, 3.63) is 63.6 Å². The first-order valence-electron chi connectivity index (χ1n) is 12.3. The maximum absolute atomic E-state index is 13.3. The van der Waals surface area contributed by atoms with Gasteiger partial charge in [0, 0.05) is 30.5 Å². The normalized spacial score (nSPS) is 12.2. The van der Waals surface area contributed by atoms with E-state index in [1.807, 2.05) is 56.3 Å². The first kappa shape index (κ1) is 29.8. The molecule has 0 saturated heterocycles. The Morgan fingerprint density at radius 2 is 1.64 bits per heavy atom. The van der Waals surface area contributed by atoms with Crippen molar-refractivity contribution < 1.29 is 18.0 Å². The smallest absolute Gasteiger partial charge is 0.242 e. The molecule has 0 bridgehead atoms. The summed E-state index contributed by atoms with van der Waals surface area (Å²) in [4.78, 5) is 27.7. The van der Waals surface area contributed by atoms with E-state index in [1.165, 1.54) is 10.6 Å². The summed E-state index contributed by atoms with van der Waals surface area (Å²) in [6.45, 7) is 8.67. The fourth-order valence-electron chi connectivity index (χ4n) is 4.00. The molecule has 1 unspecified atom stereocenters. The van der Waals surface area contributed by atoms with Crippen molar-refractivity contribution in [2.24, 2.45) is 0 Å². The number of carbonyl (C=O) groups excluding carboxylic acids is 2. The van der Waals surface area contributed by atoms with Crippen molar-refractivity contribution in [1.82, 2.24) is 10.2 Å². The molecule has 0 heterocycles. The van der Waals surface area contributed by atoms with E-state index < -0.39 is 16.1 Å². The summed E-state index contributed by atoms with van der Waals surface area (Å²) >= 11 is 3.42. The Morgan fingerprint density at radius 3 is 2.19 bits per heavy atom. The molecule has 0 saturated carbocycles. The van der Waals surface area contributed by atoms with Crippen LogP contribution in [0.25, 0.3) is 0 Å². The molecule has 7 nitrogen and oxygen atoms in total. The number of benzene rings is 2. The van der Waals surface area contributed by atoms with Gasteiger partial charge in [0.2, 0.25) is 21.8 Å². The van der Waals surface area contributed by atoms with E-state index in [9.17, 15) is 18.0 Å². The van der Waals surface area contributed by atoms with Crippen LogP contribution in [0.2, 0.25) is 0 Å². The lowest BCUT2D eigenvalue weighted by atomic mass is 10.1. The second-order valence-electron chi connectivity index (χ2n) is 9.25. The van der Waals surface area contributed by atoms with Crippen LogP contribution in [-0.4, -0.2) is 50.5 Å². The van der Waals surface area contributed by atoms with E-state index in [1.54, 1.807) is 11.8 Å². The summed E-state index contributed by atoms with van der Waals surface area (Å²) in [5.74, 6) is -0.383. The van der Waals surface area contributed by atoms with E-state index in [2.05, 4.69) is 28.2 Å². The third-order valence-corrected chi connectivity index (χ3v) is 7.63. The molecule has 36 heavy (non-hydrogen) atoms. The molecule has 1 atom stereocenters. The van der Waals surface area contributed by atoms with Gasteiger partial charge < -0.3 is 10.2 Å². The molecular formula is C27H38BrN3O4S. The highest BCUT2D eigenvalue weighted by Crippen LogP contribution is 2.22. The Hall–Kier alpha value is -2.39. The van der Waals surface area contributed by atoms with Gasteiger partial charge in [-0.15, -0.1) is 0 Å². The highest BCUT2D eigenvalue weighted by atomic mass is 79.9. The average molecular weight is 581 g/mol. The molecule has 2 aromatic carbocycles. The lowest BCUT2D eigenvalue weighted by molar-refractivity contribution is -0.140. The van der Waals surface area contributed by atoms with Gasteiger partial charge in [0.05, 0.1) is 11.9 Å². The topological polar surface area (TPSA) is 86.8 Å². The molecule has 198 valence electrons. The molecule has 0 fully saturated rings. The molecule has 1 N–H and O–H groups in total. The molecule has 0 radical (unpaired) electrons. The second-order valence-corrected chi connectivity index (χ2v) is 12.1. The number of aryl methyl sites for hydroxylation is 2. The van der Waals surface area contributed by atoms with Crippen LogP contribution in [0.3, 0.4) is 0 Å². The quantitative estimate of drug-likeness (QED) is 0.340. The zero-order valence-corrected chi connectivity index (χ0v) is 24.3. The maximum atomic E-state index is 13.3. The molecule has 2 rings (SSSR count). The van der Waals surface area contributed by atoms with Gasteiger partial charge in [0.25, 0.3) is 0 Å². The molecule has 2 amide bonds. The van der Waals surface area contributed by atoms with E-state index in [0.29, 0.717) is 25.2 Å². The number of sulfonamides is 1. The van der Waals surface area contributed by atoms with Crippen molar-refractivity contribution in [2.45, 2.75) is 66.0 Å². The standard InChI is InChI=1S/C27H38BrN3O4S/c1-6-7-14-29-27(33)22(4)30(19-23-10-12-24(28)13-11-23)26(32)9-8-15-31(36(5,34)35)25-17-20(2)16-21(3)18-25/h10-13,16-18,22H,6-9,14-15,19H2,1-5H3,(H,29,33). The van der Waals surface area contributed by atoms with Crippen LogP contribution < -0.4 is 9.62 Å². The number of amides is 2. The summed E-state index contributed by atoms with van der Waals surface area (Å²) in [6.07, 6.45) is 3.47. The average Bonchev–Trinajstić information content (AvgIpc) is 2.79. The number of nitrogens with zero attached hydrogens (tertiary/aromatic N) is 2. The van der Waals surface area contributed by atoms with Crippen molar-refractivity contribution in [2.75, 3.05) is 23.7 Å². The molecule has 9 heteroatoms. The van der Waals surface area contributed by atoms with Gasteiger partial charge in [-0.3, -0.25) is 13.9 Å². The van der Waals surface area contributed by atoms with Crippen molar-refractivity contribution in [3.8, 4) is 0 Å². The van der Waals surface area contributed by atoms with E-state index in [-0.39, 0.29) is 24.8 Å². The predicted molar refractivity (Wildman–Crippen MR) is 149 cm³/mol. The Kier molecular flexibility index (Phi) is 11.4. The fraction of sp³-hybridized carbons (Fsp3) is 0.481. The van der Waals surface area contributed by atoms with Gasteiger partial charge in [-0.2, -0.15) is 0 Å². The first-order chi connectivity index (χ1) is 16.9. The number of hydrogen-bond donors (Lipinski definition) is 1. The molecule has 0 aliphatic carbocycles. The van der Waals surface area contributed by atoms with Crippen molar-refractivity contribution >= 4 is 43.5 Å². The summed E-state index contributed by atoms with van der Waals surface area (Å²) < 4.78 is 27.3. The van der Waals surface area contributed by atoms with E-state index >= 15 is 0 Å². The predicted octanol–water partition coefficient (Wildman–Crippen LogP) is 4.95. The number of hydrogen-bond acceptors (Lipinski definition) is 4. The number of carbonyl (C=O) groups is 2. The Labute approximate surface area is 224 Å². The highest BCUT2D eigenvalue weighted by Gasteiger charge is 2.26.